The Balaban J connectivity index is 1.45. The number of nitrogens with one attached hydrogen (secondary N) is 2. The van der Waals surface area contributed by atoms with Crippen LogP contribution in [-0.2, 0) is 0 Å². The minimum atomic E-state index is -0.496. The molecule has 2 aromatic carbocycles. The number of aromatic nitrogens is 2. The molecular formula is C22H19FN4O. The number of para-hydroxylation sites is 1. The lowest BCUT2D eigenvalue weighted by Gasteiger charge is -2.12. The van der Waals surface area contributed by atoms with Gasteiger partial charge in [-0.1, -0.05) is 24.3 Å². The van der Waals surface area contributed by atoms with Crippen molar-refractivity contribution in [2.24, 2.45) is 0 Å². The first-order valence-electron chi connectivity index (χ1n) is 9.00. The highest BCUT2D eigenvalue weighted by atomic mass is 19.1. The summed E-state index contributed by atoms with van der Waals surface area (Å²) in [5, 5.41) is 7.45. The monoisotopic (exact) mass is 374 g/mol. The van der Waals surface area contributed by atoms with E-state index in [-0.39, 0.29) is 0 Å². The maximum Gasteiger partial charge on any atom is 0.214 e. The third kappa shape index (κ3) is 4.35. The molecule has 140 valence electrons. The van der Waals surface area contributed by atoms with Gasteiger partial charge in [-0.05, 0) is 48.5 Å². The SMILES string of the molecule is Fc1cccc(NCCNc2ccnc3ccc(Oc4ccccc4)cc23)n1. The number of hydrogen-bond acceptors (Lipinski definition) is 5. The van der Waals surface area contributed by atoms with Gasteiger partial charge in [0.25, 0.3) is 0 Å². The summed E-state index contributed by atoms with van der Waals surface area (Å²) in [4.78, 5) is 8.20. The number of benzene rings is 2. The van der Waals surface area contributed by atoms with E-state index in [0.29, 0.717) is 18.9 Å². The van der Waals surface area contributed by atoms with Crippen LogP contribution in [0.4, 0.5) is 15.9 Å². The second kappa shape index (κ2) is 8.35. The molecule has 0 amide bonds. The van der Waals surface area contributed by atoms with Gasteiger partial charge in [-0.3, -0.25) is 4.98 Å². The Morgan fingerprint density at radius 2 is 1.68 bits per heavy atom. The standard InChI is InChI=1S/C22H19FN4O/c23-21-7-4-8-22(27-21)26-14-13-25-20-11-12-24-19-10-9-17(15-18(19)20)28-16-5-2-1-3-6-16/h1-12,15H,13-14H2,(H,24,25)(H,26,27). The van der Waals surface area contributed by atoms with Gasteiger partial charge in [0.15, 0.2) is 0 Å². The van der Waals surface area contributed by atoms with Crippen molar-refractivity contribution >= 4 is 22.4 Å². The van der Waals surface area contributed by atoms with Gasteiger partial charge in [0.2, 0.25) is 5.95 Å². The van der Waals surface area contributed by atoms with E-state index in [4.69, 9.17) is 4.74 Å². The Morgan fingerprint density at radius 3 is 2.54 bits per heavy atom. The number of anilines is 2. The van der Waals surface area contributed by atoms with Gasteiger partial charge < -0.3 is 15.4 Å². The average Bonchev–Trinajstić information content (AvgIpc) is 2.72. The van der Waals surface area contributed by atoms with Crippen LogP contribution in [0.15, 0.2) is 79.0 Å². The Kier molecular flexibility index (Phi) is 5.29. The van der Waals surface area contributed by atoms with Crippen LogP contribution in [0.5, 0.6) is 11.5 Å². The van der Waals surface area contributed by atoms with E-state index in [9.17, 15) is 4.39 Å². The van der Waals surface area contributed by atoms with Gasteiger partial charge in [-0.15, -0.1) is 0 Å². The Bertz CT molecular complexity index is 1070. The second-order valence-corrected chi connectivity index (χ2v) is 6.15. The Labute approximate surface area is 162 Å². The van der Waals surface area contributed by atoms with Crippen LogP contribution in [-0.4, -0.2) is 23.1 Å². The molecule has 0 saturated heterocycles. The predicted octanol–water partition coefficient (Wildman–Crippen LogP) is 5.09. The van der Waals surface area contributed by atoms with Crippen LogP contribution < -0.4 is 15.4 Å². The number of rotatable bonds is 7. The minimum absolute atomic E-state index is 0.496. The molecule has 0 aliphatic heterocycles. The number of nitrogens with zero attached hydrogens (tertiary/aromatic N) is 2. The summed E-state index contributed by atoms with van der Waals surface area (Å²) in [5.74, 6) is 1.55. The van der Waals surface area contributed by atoms with Crippen LogP contribution in [0.25, 0.3) is 10.9 Å². The fourth-order valence-corrected chi connectivity index (χ4v) is 2.86. The van der Waals surface area contributed by atoms with Crippen molar-refractivity contribution in [2.45, 2.75) is 0 Å². The van der Waals surface area contributed by atoms with Crippen LogP contribution in [0, 0.1) is 5.95 Å². The molecule has 0 aliphatic carbocycles. The summed E-state index contributed by atoms with van der Waals surface area (Å²) in [6.07, 6.45) is 1.77. The molecule has 28 heavy (non-hydrogen) atoms. The average molecular weight is 374 g/mol. The number of halogens is 1. The van der Waals surface area contributed by atoms with E-state index in [1.165, 1.54) is 6.07 Å². The third-order valence-corrected chi connectivity index (χ3v) is 4.15. The molecular weight excluding hydrogens is 355 g/mol. The lowest BCUT2D eigenvalue weighted by Crippen LogP contribution is -2.14. The third-order valence-electron chi connectivity index (χ3n) is 4.15. The van der Waals surface area contributed by atoms with Gasteiger partial charge in [0.05, 0.1) is 5.52 Å². The van der Waals surface area contributed by atoms with Gasteiger partial charge in [-0.25, -0.2) is 4.98 Å². The number of pyridine rings is 2. The molecule has 6 heteroatoms. The quantitative estimate of drug-likeness (QED) is 0.349. The maximum absolute atomic E-state index is 13.1. The molecule has 0 fully saturated rings. The molecule has 0 aliphatic rings. The highest BCUT2D eigenvalue weighted by Gasteiger charge is 2.05. The minimum Gasteiger partial charge on any atom is -0.457 e. The number of ether oxygens (including phenoxy) is 1. The number of fused-ring (bicyclic) bond motifs is 1. The summed E-state index contributed by atoms with van der Waals surface area (Å²) in [7, 11) is 0. The van der Waals surface area contributed by atoms with E-state index in [0.717, 1.165) is 28.1 Å². The summed E-state index contributed by atoms with van der Waals surface area (Å²) in [6.45, 7) is 1.24. The first-order chi connectivity index (χ1) is 13.8. The van der Waals surface area contributed by atoms with E-state index >= 15 is 0 Å². The van der Waals surface area contributed by atoms with Crippen molar-refractivity contribution in [3.8, 4) is 11.5 Å². The molecule has 2 N–H and O–H groups in total. The molecule has 0 spiro atoms. The van der Waals surface area contributed by atoms with Gasteiger partial charge in [0.1, 0.15) is 17.3 Å². The van der Waals surface area contributed by atoms with Crippen molar-refractivity contribution < 1.29 is 9.13 Å². The first kappa shape index (κ1) is 17.7. The zero-order valence-electron chi connectivity index (χ0n) is 15.1. The molecule has 0 radical (unpaired) electrons. The zero-order chi connectivity index (χ0) is 19.2. The molecule has 2 heterocycles. The molecule has 0 unspecified atom stereocenters. The van der Waals surface area contributed by atoms with Crippen molar-refractivity contribution in [2.75, 3.05) is 23.7 Å². The topological polar surface area (TPSA) is 59.1 Å². The fourth-order valence-electron chi connectivity index (χ4n) is 2.86. The smallest absolute Gasteiger partial charge is 0.214 e. The molecule has 5 nitrogen and oxygen atoms in total. The Morgan fingerprint density at radius 1 is 0.821 bits per heavy atom. The number of hydrogen-bond donors (Lipinski definition) is 2. The summed E-state index contributed by atoms with van der Waals surface area (Å²) in [5.41, 5.74) is 1.84. The molecule has 0 saturated carbocycles. The van der Waals surface area contributed by atoms with Crippen LogP contribution in [0.2, 0.25) is 0 Å². The van der Waals surface area contributed by atoms with Crippen LogP contribution in [0.1, 0.15) is 0 Å². The summed E-state index contributed by atoms with van der Waals surface area (Å²) in [6, 6.07) is 22.1. The van der Waals surface area contributed by atoms with Crippen LogP contribution in [0.3, 0.4) is 0 Å². The van der Waals surface area contributed by atoms with E-state index in [1.807, 2.05) is 54.6 Å². The van der Waals surface area contributed by atoms with E-state index in [1.54, 1.807) is 18.3 Å². The molecule has 4 rings (SSSR count). The largest absolute Gasteiger partial charge is 0.457 e. The zero-order valence-corrected chi connectivity index (χ0v) is 15.1. The highest BCUT2D eigenvalue weighted by Crippen LogP contribution is 2.28. The van der Waals surface area contributed by atoms with Crippen molar-refractivity contribution in [3.63, 3.8) is 0 Å². The lowest BCUT2D eigenvalue weighted by molar-refractivity contribution is 0.483. The summed E-state index contributed by atoms with van der Waals surface area (Å²) >= 11 is 0. The predicted molar refractivity (Wildman–Crippen MR) is 109 cm³/mol. The van der Waals surface area contributed by atoms with Crippen molar-refractivity contribution in [1.82, 2.24) is 9.97 Å². The molecule has 0 atom stereocenters. The maximum atomic E-state index is 13.1. The van der Waals surface area contributed by atoms with Gasteiger partial charge in [-0.2, -0.15) is 4.39 Å². The van der Waals surface area contributed by atoms with Crippen LogP contribution >= 0.6 is 0 Å². The van der Waals surface area contributed by atoms with Crippen molar-refractivity contribution in [3.05, 3.63) is 84.9 Å². The van der Waals surface area contributed by atoms with Crippen molar-refractivity contribution in [1.29, 1.82) is 0 Å². The molecule has 4 aromatic rings. The van der Waals surface area contributed by atoms with E-state index in [2.05, 4.69) is 20.6 Å². The highest BCUT2D eigenvalue weighted by molar-refractivity contribution is 5.92. The second-order valence-electron chi connectivity index (χ2n) is 6.15. The fraction of sp³-hybridized carbons (Fsp3) is 0.0909. The Hall–Kier alpha value is -3.67. The van der Waals surface area contributed by atoms with Gasteiger partial charge in [0, 0.05) is 30.4 Å². The van der Waals surface area contributed by atoms with E-state index < -0.39 is 5.95 Å². The molecule has 2 aromatic heterocycles. The normalized spacial score (nSPS) is 10.6. The summed E-state index contributed by atoms with van der Waals surface area (Å²) < 4.78 is 19.0. The van der Waals surface area contributed by atoms with Gasteiger partial charge >= 0.3 is 0 Å². The first-order valence-corrected chi connectivity index (χ1v) is 9.00. The molecule has 0 bridgehead atoms. The lowest BCUT2D eigenvalue weighted by atomic mass is 10.1.